The van der Waals surface area contributed by atoms with Crippen molar-refractivity contribution in [3.63, 3.8) is 0 Å². The van der Waals surface area contributed by atoms with Crippen LogP contribution in [0.15, 0.2) is 109 Å². The highest BCUT2D eigenvalue weighted by molar-refractivity contribution is 7.81. The largest absolute Gasteiger partial charge is 0.457 e. The van der Waals surface area contributed by atoms with Gasteiger partial charge in [0.1, 0.15) is 16.5 Å². The number of nitrogens with zero attached hydrogens (tertiary/aromatic N) is 1. The number of hydrogen-bond donors (Lipinski definition) is 1. The Labute approximate surface area is 218 Å². The number of thiocarbonyl (C=S) groups is 1. The molecule has 7 heteroatoms. The van der Waals surface area contributed by atoms with Crippen LogP contribution in [0.3, 0.4) is 0 Å². The maximum Gasteiger partial charge on any atom is 0.334 e. The van der Waals surface area contributed by atoms with Crippen molar-refractivity contribution in [2.45, 2.75) is 0 Å². The lowest BCUT2D eigenvalue weighted by molar-refractivity contribution is -0.116. The van der Waals surface area contributed by atoms with Gasteiger partial charge in [0.2, 0.25) is 0 Å². The first-order valence-corrected chi connectivity index (χ1v) is 11.9. The fourth-order valence-corrected chi connectivity index (χ4v) is 4.39. The molecule has 0 saturated carbocycles. The number of ether oxygens (including phenoxy) is 1. The van der Waals surface area contributed by atoms with Crippen LogP contribution in [0, 0.1) is 0 Å². The summed E-state index contributed by atoms with van der Waals surface area (Å²) in [4.78, 5) is 26.7. The summed E-state index contributed by atoms with van der Waals surface area (Å²) in [7, 11) is 0. The van der Waals surface area contributed by atoms with Crippen LogP contribution in [-0.2, 0) is 4.79 Å². The predicted molar refractivity (Wildman–Crippen MR) is 146 cm³/mol. The number of benzene rings is 4. The SMILES string of the molecule is O=C1NC(=O)N(c2ccc(Oc3ccccc3)cc2)C(=S)/C1=C/c1ccc(-c2ccccc2Cl)cc1. The summed E-state index contributed by atoms with van der Waals surface area (Å²) in [6, 6.07) is 30.9. The zero-order valence-electron chi connectivity index (χ0n) is 18.9. The fourth-order valence-electron chi connectivity index (χ4n) is 3.80. The zero-order valence-corrected chi connectivity index (χ0v) is 20.4. The van der Waals surface area contributed by atoms with Crippen molar-refractivity contribution in [1.29, 1.82) is 0 Å². The molecule has 0 aliphatic carbocycles. The lowest BCUT2D eigenvalue weighted by Gasteiger charge is -2.29. The van der Waals surface area contributed by atoms with E-state index in [1.165, 1.54) is 4.90 Å². The van der Waals surface area contributed by atoms with Crippen LogP contribution in [0.1, 0.15) is 5.56 Å². The number of carbonyl (C=O) groups excluding carboxylic acids is 2. The molecule has 0 atom stereocenters. The van der Waals surface area contributed by atoms with Crippen LogP contribution < -0.4 is 15.0 Å². The van der Waals surface area contributed by atoms with Gasteiger partial charge in [-0.05, 0) is 59.7 Å². The van der Waals surface area contributed by atoms with Crippen molar-refractivity contribution in [2.75, 3.05) is 4.90 Å². The first kappa shape index (κ1) is 23.5. The predicted octanol–water partition coefficient (Wildman–Crippen LogP) is 7.27. The van der Waals surface area contributed by atoms with E-state index >= 15 is 0 Å². The molecule has 0 radical (unpaired) electrons. The third kappa shape index (κ3) is 4.91. The number of anilines is 1. The minimum Gasteiger partial charge on any atom is -0.457 e. The highest BCUT2D eigenvalue weighted by atomic mass is 35.5. The van der Waals surface area contributed by atoms with E-state index in [0.717, 1.165) is 16.7 Å². The molecule has 5 nitrogen and oxygen atoms in total. The minimum atomic E-state index is -0.604. The van der Waals surface area contributed by atoms with E-state index in [9.17, 15) is 9.59 Å². The Morgan fingerprint density at radius 1 is 0.778 bits per heavy atom. The van der Waals surface area contributed by atoms with E-state index in [4.69, 9.17) is 28.6 Å². The molecule has 1 aliphatic rings. The molecule has 1 fully saturated rings. The van der Waals surface area contributed by atoms with Crippen LogP contribution in [0.2, 0.25) is 5.02 Å². The number of amides is 3. The molecule has 0 unspecified atom stereocenters. The molecule has 1 N–H and O–H groups in total. The summed E-state index contributed by atoms with van der Waals surface area (Å²) in [5, 5.41) is 3.03. The Hall–Kier alpha value is -4.26. The topological polar surface area (TPSA) is 58.6 Å². The Balaban J connectivity index is 1.38. The average Bonchev–Trinajstić information content (AvgIpc) is 2.89. The summed E-state index contributed by atoms with van der Waals surface area (Å²) in [5.41, 5.74) is 3.37. The number of para-hydroxylation sites is 1. The minimum absolute atomic E-state index is 0.121. The fraction of sp³-hybridized carbons (Fsp3) is 0. The van der Waals surface area contributed by atoms with Gasteiger partial charge in [0.05, 0.1) is 11.3 Å². The van der Waals surface area contributed by atoms with Gasteiger partial charge < -0.3 is 4.74 Å². The van der Waals surface area contributed by atoms with Crippen LogP contribution >= 0.6 is 23.8 Å². The highest BCUT2D eigenvalue weighted by Gasteiger charge is 2.33. The highest BCUT2D eigenvalue weighted by Crippen LogP contribution is 2.30. The van der Waals surface area contributed by atoms with Crippen molar-refractivity contribution in [3.05, 3.63) is 119 Å². The van der Waals surface area contributed by atoms with Crippen molar-refractivity contribution in [2.24, 2.45) is 0 Å². The Morgan fingerprint density at radius 3 is 2.11 bits per heavy atom. The van der Waals surface area contributed by atoms with Crippen molar-refractivity contribution in [1.82, 2.24) is 5.32 Å². The monoisotopic (exact) mass is 510 g/mol. The summed E-state index contributed by atoms with van der Waals surface area (Å²) >= 11 is 11.9. The molecule has 3 amide bonds. The molecule has 1 saturated heterocycles. The summed E-state index contributed by atoms with van der Waals surface area (Å²) in [6.07, 6.45) is 1.67. The lowest BCUT2D eigenvalue weighted by Crippen LogP contribution is -2.53. The van der Waals surface area contributed by atoms with Gasteiger partial charge in [0.25, 0.3) is 5.91 Å². The van der Waals surface area contributed by atoms with Crippen LogP contribution in [0.25, 0.3) is 17.2 Å². The van der Waals surface area contributed by atoms with E-state index < -0.39 is 11.9 Å². The summed E-state index contributed by atoms with van der Waals surface area (Å²) in [5.74, 6) is 0.770. The van der Waals surface area contributed by atoms with Gasteiger partial charge in [0.15, 0.2) is 0 Å². The molecule has 5 rings (SSSR count). The van der Waals surface area contributed by atoms with E-state index in [1.54, 1.807) is 30.3 Å². The van der Waals surface area contributed by atoms with E-state index in [-0.39, 0.29) is 10.6 Å². The smallest absolute Gasteiger partial charge is 0.334 e. The van der Waals surface area contributed by atoms with E-state index in [2.05, 4.69) is 5.32 Å². The molecule has 36 heavy (non-hydrogen) atoms. The molecule has 1 aliphatic heterocycles. The summed E-state index contributed by atoms with van der Waals surface area (Å²) in [6.45, 7) is 0. The number of nitrogens with one attached hydrogen (secondary N) is 1. The third-order valence-electron chi connectivity index (χ3n) is 5.58. The molecule has 4 aromatic rings. The number of rotatable bonds is 5. The third-order valence-corrected chi connectivity index (χ3v) is 6.31. The number of imide groups is 1. The molecule has 0 bridgehead atoms. The maximum atomic E-state index is 12.7. The Kier molecular flexibility index (Phi) is 6.62. The quantitative estimate of drug-likeness (QED) is 0.226. The molecule has 0 spiro atoms. The standard InChI is InChI=1S/C29H19ClN2O3S/c30-26-9-5-4-8-24(26)20-12-10-19(11-13-20)18-25-27(33)31-29(34)32(28(25)36)21-14-16-23(17-15-21)35-22-6-2-1-3-7-22/h1-18H,(H,31,33,34)/b25-18+. The molecular weight excluding hydrogens is 492 g/mol. The number of carbonyl (C=O) groups is 2. The number of halogens is 1. The number of urea groups is 1. The molecular formula is C29H19ClN2O3S. The van der Waals surface area contributed by atoms with Crippen molar-refractivity contribution in [3.8, 4) is 22.6 Å². The first-order chi connectivity index (χ1) is 17.5. The second-order valence-electron chi connectivity index (χ2n) is 7.97. The normalized spacial score (nSPS) is 14.6. The molecule has 4 aromatic carbocycles. The van der Waals surface area contributed by atoms with Gasteiger partial charge in [0, 0.05) is 10.6 Å². The van der Waals surface area contributed by atoms with Crippen LogP contribution in [0.5, 0.6) is 11.5 Å². The second kappa shape index (κ2) is 10.2. The van der Waals surface area contributed by atoms with Crippen molar-refractivity contribution < 1.29 is 14.3 Å². The van der Waals surface area contributed by atoms with Gasteiger partial charge in [-0.15, -0.1) is 0 Å². The van der Waals surface area contributed by atoms with Gasteiger partial charge in [-0.3, -0.25) is 15.0 Å². The Bertz CT molecular complexity index is 1480. The molecule has 1 heterocycles. The van der Waals surface area contributed by atoms with Gasteiger partial charge in [-0.1, -0.05) is 84.5 Å². The average molecular weight is 511 g/mol. The summed E-state index contributed by atoms with van der Waals surface area (Å²) < 4.78 is 5.81. The van der Waals surface area contributed by atoms with E-state index in [0.29, 0.717) is 22.2 Å². The van der Waals surface area contributed by atoms with Gasteiger partial charge in [-0.25, -0.2) is 4.79 Å². The van der Waals surface area contributed by atoms with Crippen LogP contribution in [-0.4, -0.2) is 16.9 Å². The van der Waals surface area contributed by atoms with Gasteiger partial charge >= 0.3 is 6.03 Å². The molecule has 176 valence electrons. The van der Waals surface area contributed by atoms with Crippen LogP contribution in [0.4, 0.5) is 10.5 Å². The Morgan fingerprint density at radius 2 is 1.42 bits per heavy atom. The van der Waals surface area contributed by atoms with Crippen molar-refractivity contribution >= 4 is 52.5 Å². The number of hydrogen-bond acceptors (Lipinski definition) is 4. The lowest BCUT2D eigenvalue weighted by atomic mass is 10.0. The van der Waals surface area contributed by atoms with E-state index in [1.807, 2.05) is 78.9 Å². The maximum absolute atomic E-state index is 12.7. The van der Waals surface area contributed by atoms with Gasteiger partial charge in [-0.2, -0.15) is 0 Å². The first-order valence-electron chi connectivity index (χ1n) is 11.1. The molecule has 0 aromatic heterocycles. The second-order valence-corrected chi connectivity index (χ2v) is 8.76. The zero-order chi connectivity index (χ0) is 25.1.